The van der Waals surface area contributed by atoms with Crippen LogP contribution in [-0.4, -0.2) is 30.2 Å². The van der Waals surface area contributed by atoms with E-state index in [9.17, 15) is 9.90 Å². The summed E-state index contributed by atoms with van der Waals surface area (Å²) in [4.78, 5) is 11.4. The molecule has 3 atom stereocenters. The average Bonchev–Trinajstić information content (AvgIpc) is 2.36. The molecule has 0 aliphatic rings. The summed E-state index contributed by atoms with van der Waals surface area (Å²) < 4.78 is 0. The molecule has 0 aliphatic heterocycles. The quantitative estimate of drug-likeness (QED) is 0.488. The molecule has 0 radical (unpaired) electrons. The molecule has 1 rings (SSSR count). The molecule has 0 aliphatic carbocycles. The Morgan fingerprint density at radius 3 is 2.30 bits per heavy atom. The summed E-state index contributed by atoms with van der Waals surface area (Å²) in [5.41, 5.74) is 20.4. The first-order valence-corrected chi connectivity index (χ1v) is 6.58. The molecule has 0 aromatic heterocycles. The lowest BCUT2D eigenvalue weighted by molar-refractivity contribution is -0.122. The Balaban J connectivity index is 2.90. The molecule has 0 spiro atoms. The lowest BCUT2D eigenvalue weighted by Crippen LogP contribution is -2.41. The summed E-state index contributed by atoms with van der Waals surface area (Å²) in [7, 11) is 1.51. The van der Waals surface area contributed by atoms with Gasteiger partial charge in [-0.15, -0.1) is 0 Å². The van der Waals surface area contributed by atoms with Gasteiger partial charge in [-0.25, -0.2) is 0 Å². The van der Waals surface area contributed by atoms with Crippen molar-refractivity contribution >= 4 is 17.3 Å². The zero-order valence-corrected chi connectivity index (χ0v) is 12.2. The number of hydrogen-bond donors (Lipinski definition) is 5. The number of likely N-dealkylation sites (N-methyl/N-ethyl adjacent to an activating group) is 1. The van der Waals surface area contributed by atoms with Gasteiger partial charge >= 0.3 is 0 Å². The molecule has 112 valence electrons. The summed E-state index contributed by atoms with van der Waals surface area (Å²) in [6.07, 6.45) is -0.650. The fraction of sp³-hybridized carbons (Fsp3) is 0.500. The number of carbonyl (C=O) groups excluding carboxylic acids is 1. The number of aryl methyl sites for hydroxylation is 1. The second-order valence-corrected chi connectivity index (χ2v) is 5.17. The Hall–Kier alpha value is -1.79. The monoisotopic (exact) mass is 280 g/mol. The number of aliphatic hydroxyl groups is 1. The predicted octanol–water partition coefficient (Wildman–Crippen LogP) is 0.0872. The van der Waals surface area contributed by atoms with Gasteiger partial charge in [0.05, 0.1) is 12.1 Å². The zero-order chi connectivity index (χ0) is 15.4. The van der Waals surface area contributed by atoms with Crippen LogP contribution in [0.25, 0.3) is 0 Å². The van der Waals surface area contributed by atoms with Crippen LogP contribution in [0.1, 0.15) is 30.4 Å². The molecule has 0 fully saturated rings. The topological polar surface area (TPSA) is 127 Å². The van der Waals surface area contributed by atoms with E-state index in [4.69, 9.17) is 17.2 Å². The first-order chi connectivity index (χ1) is 9.27. The van der Waals surface area contributed by atoms with Gasteiger partial charge in [-0.1, -0.05) is 6.92 Å². The third-order valence-corrected chi connectivity index (χ3v) is 3.50. The molecular weight excluding hydrogens is 256 g/mol. The lowest BCUT2D eigenvalue weighted by atomic mass is 9.88. The first-order valence-electron chi connectivity index (χ1n) is 6.58. The van der Waals surface area contributed by atoms with Crippen LogP contribution in [0.3, 0.4) is 0 Å². The van der Waals surface area contributed by atoms with E-state index in [1.165, 1.54) is 7.05 Å². The largest absolute Gasteiger partial charge is 0.398 e. The minimum Gasteiger partial charge on any atom is -0.398 e. The maximum absolute atomic E-state index is 11.4. The number of anilines is 2. The second-order valence-electron chi connectivity index (χ2n) is 5.17. The van der Waals surface area contributed by atoms with Crippen LogP contribution in [0.15, 0.2) is 12.1 Å². The number of rotatable bonds is 5. The van der Waals surface area contributed by atoms with Crippen LogP contribution in [0.4, 0.5) is 11.4 Å². The molecule has 0 saturated heterocycles. The van der Waals surface area contributed by atoms with E-state index in [0.717, 1.165) is 5.56 Å². The number of amides is 1. The molecule has 1 aromatic carbocycles. The number of aliphatic hydroxyl groups excluding tert-OH is 1. The average molecular weight is 280 g/mol. The predicted molar refractivity (Wildman–Crippen MR) is 81.1 cm³/mol. The van der Waals surface area contributed by atoms with Crippen molar-refractivity contribution < 1.29 is 9.90 Å². The fourth-order valence-corrected chi connectivity index (χ4v) is 2.33. The summed E-state index contributed by atoms with van der Waals surface area (Å²) in [5, 5.41) is 12.7. The van der Waals surface area contributed by atoms with Gasteiger partial charge in [-0.2, -0.15) is 0 Å². The van der Waals surface area contributed by atoms with E-state index >= 15 is 0 Å². The molecule has 1 aromatic rings. The van der Waals surface area contributed by atoms with Crippen molar-refractivity contribution in [2.75, 3.05) is 18.5 Å². The Labute approximate surface area is 119 Å². The number of nitrogens with one attached hydrogen (secondary N) is 1. The summed E-state index contributed by atoms with van der Waals surface area (Å²) in [5.74, 6) is -0.604. The Kier molecular flexibility index (Phi) is 5.35. The molecule has 20 heavy (non-hydrogen) atoms. The van der Waals surface area contributed by atoms with E-state index in [0.29, 0.717) is 16.9 Å². The van der Waals surface area contributed by atoms with Gasteiger partial charge in [0.25, 0.3) is 0 Å². The van der Waals surface area contributed by atoms with Crippen molar-refractivity contribution in [2.24, 2.45) is 5.73 Å². The third kappa shape index (κ3) is 3.61. The molecule has 0 saturated carbocycles. The van der Waals surface area contributed by atoms with Crippen LogP contribution in [0, 0.1) is 6.92 Å². The highest BCUT2D eigenvalue weighted by atomic mass is 16.3. The van der Waals surface area contributed by atoms with Crippen LogP contribution in [0.5, 0.6) is 0 Å². The van der Waals surface area contributed by atoms with Gasteiger partial charge in [-0.05, 0) is 31.0 Å². The van der Waals surface area contributed by atoms with Gasteiger partial charge < -0.3 is 27.6 Å². The van der Waals surface area contributed by atoms with Gasteiger partial charge in [0.1, 0.15) is 0 Å². The third-order valence-electron chi connectivity index (χ3n) is 3.50. The molecule has 6 nitrogen and oxygen atoms in total. The SMILES string of the molecule is CNC(=O)C(N)CC(O)C(C)c1c(N)cc(C)cc1N. The van der Waals surface area contributed by atoms with Crippen molar-refractivity contribution in [3.63, 3.8) is 0 Å². The number of nitrogens with two attached hydrogens (primary N) is 3. The maximum Gasteiger partial charge on any atom is 0.236 e. The van der Waals surface area contributed by atoms with Crippen molar-refractivity contribution in [2.45, 2.75) is 38.3 Å². The number of benzene rings is 1. The number of carbonyl (C=O) groups is 1. The van der Waals surface area contributed by atoms with Crippen LogP contribution < -0.4 is 22.5 Å². The number of hydrogen-bond acceptors (Lipinski definition) is 5. The Morgan fingerprint density at radius 1 is 1.35 bits per heavy atom. The van der Waals surface area contributed by atoms with Crippen LogP contribution >= 0.6 is 0 Å². The lowest BCUT2D eigenvalue weighted by Gasteiger charge is -2.24. The molecule has 8 N–H and O–H groups in total. The van der Waals surface area contributed by atoms with E-state index < -0.39 is 12.1 Å². The van der Waals surface area contributed by atoms with Crippen molar-refractivity contribution in [3.05, 3.63) is 23.3 Å². The highest BCUT2D eigenvalue weighted by Crippen LogP contribution is 2.32. The van der Waals surface area contributed by atoms with Crippen LogP contribution in [0.2, 0.25) is 0 Å². The number of nitrogen functional groups attached to an aromatic ring is 2. The van der Waals surface area contributed by atoms with E-state index in [1.807, 2.05) is 26.0 Å². The standard InChI is InChI=1S/C14H24N4O2/c1-7-4-9(15)13(10(16)5-7)8(2)12(19)6-11(17)14(20)18-3/h4-5,8,11-12,19H,6,15-17H2,1-3H3,(H,18,20). The van der Waals surface area contributed by atoms with Crippen LogP contribution in [-0.2, 0) is 4.79 Å². The van der Waals surface area contributed by atoms with E-state index in [1.54, 1.807) is 0 Å². The van der Waals surface area contributed by atoms with Crippen molar-refractivity contribution in [3.8, 4) is 0 Å². The Morgan fingerprint density at radius 2 is 1.85 bits per heavy atom. The molecule has 0 bridgehead atoms. The van der Waals surface area contributed by atoms with Crippen molar-refractivity contribution in [1.29, 1.82) is 0 Å². The smallest absolute Gasteiger partial charge is 0.236 e. The van der Waals surface area contributed by atoms with Gasteiger partial charge in [0, 0.05) is 29.9 Å². The Bertz CT molecular complexity index is 467. The minimum atomic E-state index is -0.797. The molecule has 1 amide bonds. The van der Waals surface area contributed by atoms with Gasteiger partial charge in [-0.3, -0.25) is 4.79 Å². The minimum absolute atomic E-state index is 0.146. The summed E-state index contributed by atoms with van der Waals surface area (Å²) >= 11 is 0. The van der Waals surface area contributed by atoms with Crippen molar-refractivity contribution in [1.82, 2.24) is 5.32 Å². The highest BCUT2D eigenvalue weighted by Gasteiger charge is 2.25. The summed E-state index contributed by atoms with van der Waals surface area (Å²) in [6, 6.07) is 2.87. The van der Waals surface area contributed by atoms with E-state index in [2.05, 4.69) is 5.32 Å². The normalized spacial score (nSPS) is 15.4. The molecule has 6 heteroatoms. The van der Waals surface area contributed by atoms with Gasteiger partial charge in [0.15, 0.2) is 0 Å². The molecule has 3 unspecified atom stereocenters. The fourth-order valence-electron chi connectivity index (χ4n) is 2.33. The molecular formula is C14H24N4O2. The first kappa shape index (κ1) is 16.3. The van der Waals surface area contributed by atoms with Gasteiger partial charge in [0.2, 0.25) is 5.91 Å². The highest BCUT2D eigenvalue weighted by molar-refractivity contribution is 5.81. The van der Waals surface area contributed by atoms with E-state index in [-0.39, 0.29) is 18.2 Å². The summed E-state index contributed by atoms with van der Waals surface area (Å²) in [6.45, 7) is 3.72. The maximum atomic E-state index is 11.4. The second kappa shape index (κ2) is 6.58. The molecule has 0 heterocycles. The zero-order valence-electron chi connectivity index (χ0n) is 12.2.